The monoisotopic (exact) mass is 324 g/mol. The maximum atomic E-state index is 3.61. The number of aryl methyl sites for hydroxylation is 1. The average molecular weight is 325 g/mol. The van der Waals surface area contributed by atoms with Gasteiger partial charge in [-0.15, -0.1) is 0 Å². The molecule has 1 N–H and O–H groups in total. The summed E-state index contributed by atoms with van der Waals surface area (Å²) in [4.78, 5) is 2.55. The number of halogens is 1. The highest BCUT2D eigenvalue weighted by Crippen LogP contribution is 2.18. The molecule has 0 unspecified atom stereocenters. The van der Waals surface area contributed by atoms with E-state index in [1.165, 1.54) is 48.1 Å². The van der Waals surface area contributed by atoms with E-state index in [9.17, 15) is 0 Å². The van der Waals surface area contributed by atoms with Crippen LogP contribution in [0.15, 0.2) is 22.7 Å². The van der Waals surface area contributed by atoms with Crippen molar-refractivity contribution < 1.29 is 0 Å². The standard InChI is InChI=1S/C16H25BrN2/c1-3-19-8-6-14(7-9-19)11-18-12-15-5-4-13(2)16(17)10-15/h4-5,10,14,18H,3,6-9,11-12H2,1-2H3. The highest BCUT2D eigenvalue weighted by atomic mass is 79.9. The lowest BCUT2D eigenvalue weighted by Crippen LogP contribution is -2.36. The van der Waals surface area contributed by atoms with Crippen LogP contribution in [-0.2, 0) is 6.54 Å². The number of nitrogens with one attached hydrogen (secondary N) is 1. The van der Waals surface area contributed by atoms with Gasteiger partial charge in [-0.2, -0.15) is 0 Å². The summed E-state index contributed by atoms with van der Waals surface area (Å²) < 4.78 is 1.21. The number of likely N-dealkylation sites (tertiary alicyclic amines) is 1. The Labute approximate surface area is 125 Å². The predicted molar refractivity (Wildman–Crippen MR) is 85.4 cm³/mol. The minimum Gasteiger partial charge on any atom is -0.312 e. The topological polar surface area (TPSA) is 15.3 Å². The van der Waals surface area contributed by atoms with Gasteiger partial charge in [0.05, 0.1) is 0 Å². The van der Waals surface area contributed by atoms with Crippen LogP contribution >= 0.6 is 15.9 Å². The summed E-state index contributed by atoms with van der Waals surface area (Å²) in [6.07, 6.45) is 2.69. The smallest absolute Gasteiger partial charge is 0.0207 e. The summed E-state index contributed by atoms with van der Waals surface area (Å²) in [6, 6.07) is 6.62. The van der Waals surface area contributed by atoms with Gasteiger partial charge in [0.1, 0.15) is 0 Å². The lowest BCUT2D eigenvalue weighted by atomic mass is 9.97. The largest absolute Gasteiger partial charge is 0.312 e. The summed E-state index contributed by atoms with van der Waals surface area (Å²) in [5.41, 5.74) is 2.67. The summed E-state index contributed by atoms with van der Waals surface area (Å²) in [7, 11) is 0. The predicted octanol–water partition coefficient (Wildman–Crippen LogP) is 3.58. The molecule has 1 heterocycles. The van der Waals surface area contributed by atoms with Gasteiger partial charge in [0.2, 0.25) is 0 Å². The summed E-state index contributed by atoms with van der Waals surface area (Å²) in [5, 5.41) is 3.61. The van der Waals surface area contributed by atoms with Crippen LogP contribution in [0.4, 0.5) is 0 Å². The van der Waals surface area contributed by atoms with Crippen LogP contribution in [0.2, 0.25) is 0 Å². The molecule has 106 valence electrons. The first-order chi connectivity index (χ1) is 9.19. The zero-order valence-electron chi connectivity index (χ0n) is 12.1. The van der Waals surface area contributed by atoms with Crippen molar-refractivity contribution in [1.29, 1.82) is 0 Å². The molecular weight excluding hydrogens is 300 g/mol. The molecule has 2 nitrogen and oxygen atoms in total. The third-order valence-electron chi connectivity index (χ3n) is 4.15. The minimum atomic E-state index is 0.858. The van der Waals surface area contributed by atoms with Crippen molar-refractivity contribution in [1.82, 2.24) is 10.2 Å². The Hall–Kier alpha value is -0.380. The zero-order chi connectivity index (χ0) is 13.7. The molecule has 0 spiro atoms. The Morgan fingerprint density at radius 1 is 1.32 bits per heavy atom. The Balaban J connectivity index is 1.70. The number of hydrogen-bond donors (Lipinski definition) is 1. The zero-order valence-corrected chi connectivity index (χ0v) is 13.7. The molecule has 0 saturated carbocycles. The Bertz CT molecular complexity index is 398. The van der Waals surface area contributed by atoms with Crippen molar-refractivity contribution >= 4 is 15.9 Å². The van der Waals surface area contributed by atoms with Gasteiger partial charge in [-0.3, -0.25) is 0 Å². The van der Waals surface area contributed by atoms with Crippen LogP contribution < -0.4 is 5.32 Å². The molecule has 19 heavy (non-hydrogen) atoms. The molecule has 1 saturated heterocycles. The van der Waals surface area contributed by atoms with Crippen molar-refractivity contribution in [2.75, 3.05) is 26.2 Å². The van der Waals surface area contributed by atoms with Gasteiger partial charge in [-0.05, 0) is 69.1 Å². The van der Waals surface area contributed by atoms with Crippen LogP contribution in [0.1, 0.15) is 30.9 Å². The number of rotatable bonds is 5. The molecule has 1 fully saturated rings. The fourth-order valence-corrected chi connectivity index (χ4v) is 3.10. The average Bonchev–Trinajstić information content (AvgIpc) is 2.43. The first kappa shape index (κ1) is 15.0. The highest BCUT2D eigenvalue weighted by molar-refractivity contribution is 9.10. The molecule has 0 aromatic heterocycles. The first-order valence-corrected chi connectivity index (χ1v) is 8.16. The van der Waals surface area contributed by atoms with Crippen LogP contribution in [0, 0.1) is 12.8 Å². The molecule has 0 amide bonds. The van der Waals surface area contributed by atoms with Crippen LogP contribution in [0.5, 0.6) is 0 Å². The number of piperidine rings is 1. The third-order valence-corrected chi connectivity index (χ3v) is 5.01. The molecule has 3 heteroatoms. The van der Waals surface area contributed by atoms with Crippen LogP contribution in [-0.4, -0.2) is 31.1 Å². The maximum Gasteiger partial charge on any atom is 0.0207 e. The van der Waals surface area contributed by atoms with Gasteiger partial charge in [0, 0.05) is 11.0 Å². The fraction of sp³-hybridized carbons (Fsp3) is 0.625. The quantitative estimate of drug-likeness (QED) is 0.890. The first-order valence-electron chi connectivity index (χ1n) is 7.37. The molecule has 2 rings (SSSR count). The number of nitrogens with zero attached hydrogens (tertiary/aromatic N) is 1. The summed E-state index contributed by atoms with van der Waals surface area (Å²) in [6.45, 7) is 10.3. The van der Waals surface area contributed by atoms with Crippen molar-refractivity contribution in [2.24, 2.45) is 5.92 Å². The van der Waals surface area contributed by atoms with E-state index in [2.05, 4.69) is 58.2 Å². The Kier molecular flexibility index (Phi) is 5.86. The normalized spacial score (nSPS) is 17.8. The van der Waals surface area contributed by atoms with Crippen molar-refractivity contribution in [2.45, 2.75) is 33.2 Å². The maximum absolute atomic E-state index is 3.61. The second-order valence-electron chi connectivity index (χ2n) is 5.59. The lowest BCUT2D eigenvalue weighted by Gasteiger charge is -2.31. The summed E-state index contributed by atoms with van der Waals surface area (Å²) >= 11 is 3.60. The SMILES string of the molecule is CCN1CCC(CNCc2ccc(C)c(Br)c2)CC1. The van der Waals surface area contributed by atoms with Crippen LogP contribution in [0.25, 0.3) is 0 Å². The van der Waals surface area contributed by atoms with Crippen molar-refractivity contribution in [3.8, 4) is 0 Å². The second-order valence-corrected chi connectivity index (χ2v) is 6.45. The van der Waals surface area contributed by atoms with Gasteiger partial charge < -0.3 is 10.2 Å². The fourth-order valence-electron chi connectivity index (χ4n) is 2.67. The van der Waals surface area contributed by atoms with Crippen LogP contribution in [0.3, 0.4) is 0 Å². The van der Waals surface area contributed by atoms with Gasteiger partial charge in [-0.25, -0.2) is 0 Å². The van der Waals surface area contributed by atoms with E-state index in [1.807, 2.05) is 0 Å². The van der Waals surface area contributed by atoms with Gasteiger partial charge in [0.15, 0.2) is 0 Å². The van der Waals surface area contributed by atoms with Gasteiger partial charge >= 0.3 is 0 Å². The van der Waals surface area contributed by atoms with E-state index in [4.69, 9.17) is 0 Å². The highest BCUT2D eigenvalue weighted by Gasteiger charge is 2.17. The molecule has 0 aliphatic carbocycles. The van der Waals surface area contributed by atoms with Gasteiger partial charge in [-0.1, -0.05) is 35.0 Å². The molecule has 1 aromatic carbocycles. The number of hydrogen-bond acceptors (Lipinski definition) is 2. The van der Waals surface area contributed by atoms with E-state index in [-0.39, 0.29) is 0 Å². The molecule has 0 atom stereocenters. The van der Waals surface area contributed by atoms with E-state index in [0.29, 0.717) is 0 Å². The van der Waals surface area contributed by atoms with E-state index >= 15 is 0 Å². The minimum absolute atomic E-state index is 0.858. The number of benzene rings is 1. The molecular formula is C16H25BrN2. The Morgan fingerprint density at radius 3 is 2.68 bits per heavy atom. The summed E-state index contributed by atoms with van der Waals surface area (Å²) in [5.74, 6) is 0.858. The van der Waals surface area contributed by atoms with E-state index < -0.39 is 0 Å². The van der Waals surface area contributed by atoms with Gasteiger partial charge in [0.25, 0.3) is 0 Å². The molecule has 1 aromatic rings. The third kappa shape index (κ3) is 4.59. The molecule has 0 radical (unpaired) electrons. The molecule has 1 aliphatic heterocycles. The van der Waals surface area contributed by atoms with Crippen molar-refractivity contribution in [3.63, 3.8) is 0 Å². The van der Waals surface area contributed by atoms with E-state index in [1.54, 1.807) is 0 Å². The molecule has 1 aliphatic rings. The second kappa shape index (κ2) is 7.41. The Morgan fingerprint density at radius 2 is 2.05 bits per heavy atom. The lowest BCUT2D eigenvalue weighted by molar-refractivity contribution is 0.190. The van der Waals surface area contributed by atoms with E-state index in [0.717, 1.165) is 19.0 Å². The molecule has 0 bridgehead atoms. The van der Waals surface area contributed by atoms with Crippen molar-refractivity contribution in [3.05, 3.63) is 33.8 Å².